The molecule has 16 heavy (non-hydrogen) atoms. The van der Waals surface area contributed by atoms with Crippen LogP contribution in [0.1, 0.15) is 19.3 Å². The highest BCUT2D eigenvalue weighted by Gasteiger charge is 2.28. The Kier molecular flexibility index (Phi) is 4.49. The topological polar surface area (TPSA) is 49.8 Å². The van der Waals surface area contributed by atoms with Crippen molar-refractivity contribution in [1.29, 1.82) is 0 Å². The average Bonchev–Trinajstić information content (AvgIpc) is 2.30. The van der Waals surface area contributed by atoms with E-state index in [2.05, 4.69) is 4.90 Å². The van der Waals surface area contributed by atoms with Crippen LogP contribution >= 0.6 is 11.8 Å². The molecule has 0 bridgehead atoms. The number of hydrogen-bond acceptors (Lipinski definition) is 4. The molecule has 2 rings (SSSR count). The maximum atomic E-state index is 10.6. The number of aliphatic carboxylic acids is 1. The van der Waals surface area contributed by atoms with Crippen molar-refractivity contribution < 1.29 is 14.6 Å². The Bertz CT molecular complexity index is 243. The molecule has 1 unspecified atom stereocenters. The molecule has 0 amide bonds. The van der Waals surface area contributed by atoms with E-state index in [9.17, 15) is 4.79 Å². The molecule has 2 fully saturated rings. The quantitative estimate of drug-likeness (QED) is 0.805. The number of carboxylic acid groups (broad SMARTS) is 1. The minimum Gasteiger partial charge on any atom is -0.481 e. The number of morpholine rings is 1. The van der Waals surface area contributed by atoms with Crippen molar-refractivity contribution in [1.82, 2.24) is 4.90 Å². The number of rotatable bonds is 3. The van der Waals surface area contributed by atoms with Crippen LogP contribution in [0.15, 0.2) is 0 Å². The van der Waals surface area contributed by atoms with Gasteiger partial charge in [0.25, 0.3) is 0 Å². The van der Waals surface area contributed by atoms with Crippen LogP contribution in [0.2, 0.25) is 0 Å². The summed E-state index contributed by atoms with van der Waals surface area (Å²) in [6.45, 7) is 2.44. The van der Waals surface area contributed by atoms with Crippen molar-refractivity contribution in [3.8, 4) is 0 Å². The second-order valence-electron chi connectivity index (χ2n) is 4.43. The van der Waals surface area contributed by atoms with Gasteiger partial charge in [0, 0.05) is 19.1 Å². The molecule has 2 saturated heterocycles. The van der Waals surface area contributed by atoms with Gasteiger partial charge >= 0.3 is 5.97 Å². The SMILES string of the molecule is O=C(O)CC1CN(C2CCSCC2)CCO1. The minimum absolute atomic E-state index is 0.110. The van der Waals surface area contributed by atoms with Gasteiger partial charge in [-0.05, 0) is 24.3 Å². The first kappa shape index (κ1) is 12.2. The molecule has 0 radical (unpaired) electrons. The van der Waals surface area contributed by atoms with Crippen LogP contribution < -0.4 is 0 Å². The predicted octanol–water partition coefficient (Wildman–Crippen LogP) is 1.06. The molecule has 0 aromatic rings. The molecule has 2 aliphatic heterocycles. The van der Waals surface area contributed by atoms with Crippen molar-refractivity contribution >= 4 is 17.7 Å². The van der Waals surface area contributed by atoms with E-state index in [0.717, 1.165) is 13.1 Å². The monoisotopic (exact) mass is 245 g/mol. The van der Waals surface area contributed by atoms with Gasteiger partial charge in [-0.2, -0.15) is 11.8 Å². The number of hydrogen-bond donors (Lipinski definition) is 1. The normalized spacial score (nSPS) is 29.1. The van der Waals surface area contributed by atoms with Gasteiger partial charge in [0.05, 0.1) is 19.1 Å². The van der Waals surface area contributed by atoms with Crippen molar-refractivity contribution in [2.24, 2.45) is 0 Å². The first-order valence-corrected chi connectivity index (χ1v) is 7.06. The lowest BCUT2D eigenvalue weighted by Gasteiger charge is -2.39. The molecule has 1 atom stereocenters. The van der Waals surface area contributed by atoms with Crippen LogP contribution in [0.3, 0.4) is 0 Å². The molecular weight excluding hydrogens is 226 g/mol. The predicted molar refractivity (Wildman–Crippen MR) is 63.9 cm³/mol. The Hall–Kier alpha value is -0.260. The summed E-state index contributed by atoms with van der Waals surface area (Å²) in [7, 11) is 0. The zero-order valence-electron chi connectivity index (χ0n) is 9.43. The van der Waals surface area contributed by atoms with Crippen LogP contribution in [0, 0.1) is 0 Å². The number of nitrogens with zero attached hydrogens (tertiary/aromatic N) is 1. The van der Waals surface area contributed by atoms with Gasteiger partial charge in [-0.3, -0.25) is 9.69 Å². The molecule has 0 aromatic carbocycles. The van der Waals surface area contributed by atoms with E-state index in [4.69, 9.17) is 9.84 Å². The fourth-order valence-corrected chi connectivity index (χ4v) is 3.52. The highest BCUT2D eigenvalue weighted by atomic mass is 32.2. The molecule has 4 nitrogen and oxygen atoms in total. The molecule has 0 aliphatic carbocycles. The molecule has 0 saturated carbocycles. The summed E-state index contributed by atoms with van der Waals surface area (Å²) < 4.78 is 5.48. The van der Waals surface area contributed by atoms with Gasteiger partial charge in [0.1, 0.15) is 0 Å². The van der Waals surface area contributed by atoms with E-state index >= 15 is 0 Å². The minimum atomic E-state index is -0.758. The zero-order valence-corrected chi connectivity index (χ0v) is 10.2. The van der Waals surface area contributed by atoms with Crippen LogP contribution in [-0.2, 0) is 9.53 Å². The second-order valence-corrected chi connectivity index (χ2v) is 5.65. The first-order chi connectivity index (χ1) is 7.75. The van der Waals surface area contributed by atoms with Gasteiger partial charge in [-0.15, -0.1) is 0 Å². The van der Waals surface area contributed by atoms with E-state index < -0.39 is 5.97 Å². The van der Waals surface area contributed by atoms with Crippen molar-refractivity contribution in [2.45, 2.75) is 31.4 Å². The summed E-state index contributed by atoms with van der Waals surface area (Å²) in [5, 5.41) is 8.76. The van der Waals surface area contributed by atoms with E-state index in [1.165, 1.54) is 24.3 Å². The number of ether oxygens (including phenoxy) is 1. The lowest BCUT2D eigenvalue weighted by molar-refractivity contribution is -0.142. The van der Waals surface area contributed by atoms with Crippen molar-refractivity contribution in [2.75, 3.05) is 31.2 Å². The molecule has 2 heterocycles. The summed E-state index contributed by atoms with van der Waals surface area (Å²) in [5.41, 5.74) is 0. The highest BCUT2D eigenvalue weighted by Crippen LogP contribution is 2.23. The fourth-order valence-electron chi connectivity index (χ4n) is 2.44. The van der Waals surface area contributed by atoms with Crippen LogP contribution in [0.4, 0.5) is 0 Å². The summed E-state index contributed by atoms with van der Waals surface area (Å²) in [6, 6.07) is 0.654. The molecule has 92 valence electrons. The van der Waals surface area contributed by atoms with Gasteiger partial charge in [-0.1, -0.05) is 0 Å². The van der Waals surface area contributed by atoms with Crippen LogP contribution in [0.25, 0.3) is 0 Å². The maximum absolute atomic E-state index is 10.6. The van der Waals surface area contributed by atoms with Crippen molar-refractivity contribution in [3.05, 3.63) is 0 Å². The molecule has 0 spiro atoms. The summed E-state index contributed by atoms with van der Waals surface area (Å²) in [5.74, 6) is 1.73. The number of thioether (sulfide) groups is 1. The first-order valence-electron chi connectivity index (χ1n) is 5.91. The Morgan fingerprint density at radius 1 is 1.44 bits per heavy atom. The lowest BCUT2D eigenvalue weighted by Crippen LogP contribution is -2.49. The van der Waals surface area contributed by atoms with E-state index in [0.29, 0.717) is 12.6 Å². The summed E-state index contributed by atoms with van der Waals surface area (Å²) in [6.07, 6.45) is 2.51. The standard InChI is InChI=1S/C11H19NO3S/c13-11(14)7-10-8-12(3-4-15-10)9-1-5-16-6-2-9/h9-10H,1-8H2,(H,13,14). The average molecular weight is 245 g/mol. The molecule has 2 aliphatic rings. The van der Waals surface area contributed by atoms with Crippen LogP contribution in [0.5, 0.6) is 0 Å². The lowest BCUT2D eigenvalue weighted by atomic mass is 10.1. The van der Waals surface area contributed by atoms with Gasteiger partial charge in [-0.25, -0.2) is 0 Å². The Labute approximate surface area is 100 Å². The van der Waals surface area contributed by atoms with Gasteiger partial charge in [0.15, 0.2) is 0 Å². The van der Waals surface area contributed by atoms with E-state index in [1.807, 2.05) is 11.8 Å². The molecule has 5 heteroatoms. The Morgan fingerprint density at radius 2 is 2.19 bits per heavy atom. The smallest absolute Gasteiger partial charge is 0.306 e. The third-order valence-electron chi connectivity index (χ3n) is 3.28. The highest BCUT2D eigenvalue weighted by molar-refractivity contribution is 7.99. The molecular formula is C11H19NO3S. The summed E-state index contributed by atoms with van der Waals surface area (Å²) >= 11 is 2.02. The zero-order chi connectivity index (χ0) is 11.4. The Balaban J connectivity index is 1.83. The Morgan fingerprint density at radius 3 is 2.88 bits per heavy atom. The molecule has 1 N–H and O–H groups in total. The maximum Gasteiger partial charge on any atom is 0.306 e. The van der Waals surface area contributed by atoms with E-state index in [1.54, 1.807) is 0 Å². The second kappa shape index (κ2) is 5.89. The fraction of sp³-hybridized carbons (Fsp3) is 0.909. The van der Waals surface area contributed by atoms with Gasteiger partial charge in [0.2, 0.25) is 0 Å². The van der Waals surface area contributed by atoms with Gasteiger partial charge < -0.3 is 9.84 Å². The van der Waals surface area contributed by atoms with Crippen molar-refractivity contribution in [3.63, 3.8) is 0 Å². The number of carboxylic acids is 1. The largest absolute Gasteiger partial charge is 0.481 e. The molecule has 0 aromatic heterocycles. The number of carbonyl (C=O) groups is 1. The van der Waals surface area contributed by atoms with Crippen LogP contribution in [-0.4, -0.2) is 59.3 Å². The van der Waals surface area contributed by atoms with E-state index in [-0.39, 0.29) is 12.5 Å². The third-order valence-corrected chi connectivity index (χ3v) is 4.33. The summed E-state index contributed by atoms with van der Waals surface area (Å²) in [4.78, 5) is 13.1. The third kappa shape index (κ3) is 3.37.